The van der Waals surface area contributed by atoms with E-state index in [9.17, 15) is 13.2 Å². The molecule has 0 aliphatic carbocycles. The summed E-state index contributed by atoms with van der Waals surface area (Å²) in [6, 6.07) is 3.36. The van der Waals surface area contributed by atoms with Crippen molar-refractivity contribution in [2.75, 3.05) is 59.0 Å². The predicted octanol–water partition coefficient (Wildman–Crippen LogP) is 4.47. The molecule has 1 amide bonds. The summed E-state index contributed by atoms with van der Waals surface area (Å²) in [7, 11) is -3.96. The molecule has 0 N–H and O–H groups in total. The highest BCUT2D eigenvalue weighted by molar-refractivity contribution is 7.89. The molecule has 2 saturated heterocycles. The van der Waals surface area contributed by atoms with Gasteiger partial charge in [0.2, 0.25) is 15.9 Å². The molecule has 0 saturated carbocycles. The van der Waals surface area contributed by atoms with Gasteiger partial charge in [-0.1, -0.05) is 41.2 Å². The number of amides is 1. The van der Waals surface area contributed by atoms with Crippen LogP contribution < -0.4 is 0 Å². The minimum Gasteiger partial charge on any atom is -0.370 e. The van der Waals surface area contributed by atoms with Gasteiger partial charge >= 0.3 is 0 Å². The Kier molecular flexibility index (Phi) is 12.0. The molecule has 0 aromatic heterocycles. The number of nitrogens with zero attached hydrogens (tertiary/aromatic N) is 4. The Morgan fingerprint density at radius 1 is 1.00 bits per heavy atom. The van der Waals surface area contributed by atoms with Crippen LogP contribution in [0.1, 0.15) is 47.0 Å². The van der Waals surface area contributed by atoms with Crippen molar-refractivity contribution >= 4 is 50.7 Å². The molecule has 1 aromatic rings. The van der Waals surface area contributed by atoms with Crippen LogP contribution in [-0.2, 0) is 19.6 Å². The maximum Gasteiger partial charge on any atom is 0.248 e. The second kappa shape index (κ2) is 14.3. The number of rotatable bonds is 11. The quantitative estimate of drug-likeness (QED) is 0.368. The summed E-state index contributed by atoms with van der Waals surface area (Å²) in [5.74, 6) is -0.0651. The first-order valence-electron chi connectivity index (χ1n) is 13.4. The maximum atomic E-state index is 13.5. The lowest BCUT2D eigenvalue weighted by molar-refractivity contribution is -0.138. The lowest BCUT2D eigenvalue weighted by Gasteiger charge is -2.37. The molecule has 0 spiro atoms. The minimum atomic E-state index is -3.96. The number of ether oxygens (including phenoxy) is 1. The lowest BCUT2D eigenvalue weighted by atomic mass is 10.1. The van der Waals surface area contributed by atoms with Crippen LogP contribution in [0.2, 0.25) is 15.1 Å². The van der Waals surface area contributed by atoms with Crippen LogP contribution in [0.4, 0.5) is 0 Å². The fraction of sp³-hybridized carbons (Fsp3) is 0.731. The van der Waals surface area contributed by atoms with E-state index in [0.29, 0.717) is 38.1 Å². The van der Waals surface area contributed by atoms with Crippen molar-refractivity contribution < 1.29 is 17.9 Å². The van der Waals surface area contributed by atoms with Gasteiger partial charge in [0.1, 0.15) is 11.5 Å². The predicted molar refractivity (Wildman–Crippen MR) is 154 cm³/mol. The van der Waals surface area contributed by atoms with Crippen LogP contribution in [0.15, 0.2) is 17.0 Å². The average Bonchev–Trinajstić information content (AvgIpc) is 2.83. The Labute approximate surface area is 243 Å². The number of carbonyl (C=O) groups is 1. The minimum absolute atomic E-state index is 0.0109. The van der Waals surface area contributed by atoms with Crippen LogP contribution in [0.5, 0.6) is 0 Å². The van der Waals surface area contributed by atoms with E-state index in [0.717, 1.165) is 39.0 Å². The van der Waals surface area contributed by atoms with E-state index in [1.54, 1.807) is 0 Å². The van der Waals surface area contributed by atoms with Gasteiger partial charge in [-0.15, -0.1) is 0 Å². The van der Waals surface area contributed by atoms with E-state index in [4.69, 9.17) is 39.5 Å². The first kappa shape index (κ1) is 31.9. The van der Waals surface area contributed by atoms with Gasteiger partial charge < -0.3 is 9.64 Å². The summed E-state index contributed by atoms with van der Waals surface area (Å²) >= 11 is 18.4. The molecule has 2 aliphatic rings. The summed E-state index contributed by atoms with van der Waals surface area (Å²) in [5.41, 5.74) is 0. The third-order valence-electron chi connectivity index (χ3n) is 7.36. The molecule has 1 atom stereocenters. The molecule has 12 heteroatoms. The Morgan fingerprint density at radius 3 is 2.18 bits per heavy atom. The van der Waals surface area contributed by atoms with E-state index >= 15 is 0 Å². The molecule has 1 unspecified atom stereocenters. The fourth-order valence-electron chi connectivity index (χ4n) is 5.31. The summed E-state index contributed by atoms with van der Waals surface area (Å²) in [5, 5.41) is 0.247. The largest absolute Gasteiger partial charge is 0.370 e. The first-order valence-corrected chi connectivity index (χ1v) is 16.0. The number of carbonyl (C=O) groups excluding carboxylic acids is 1. The van der Waals surface area contributed by atoms with Crippen molar-refractivity contribution in [3.05, 3.63) is 27.2 Å². The second-order valence-corrected chi connectivity index (χ2v) is 13.7. The maximum absolute atomic E-state index is 13.5. The highest BCUT2D eigenvalue weighted by Gasteiger charge is 2.36. The van der Waals surface area contributed by atoms with Crippen LogP contribution in [-0.4, -0.2) is 110 Å². The van der Waals surface area contributed by atoms with Crippen LogP contribution in [0, 0.1) is 0 Å². The van der Waals surface area contributed by atoms with Crippen molar-refractivity contribution in [3.8, 4) is 0 Å². The molecular weight excluding hydrogens is 571 g/mol. The molecule has 3 rings (SSSR count). The summed E-state index contributed by atoms with van der Waals surface area (Å²) in [4.78, 5) is 19.4. The Balaban J connectivity index is 1.50. The molecule has 0 radical (unpaired) electrons. The molecule has 2 fully saturated rings. The summed E-state index contributed by atoms with van der Waals surface area (Å²) in [6.45, 7) is 14.3. The molecule has 38 heavy (non-hydrogen) atoms. The third-order valence-corrected chi connectivity index (χ3v) is 10.5. The van der Waals surface area contributed by atoms with Gasteiger partial charge in [0.15, 0.2) is 0 Å². The number of halogens is 3. The number of piperazine rings is 1. The molecule has 0 bridgehead atoms. The molecule has 8 nitrogen and oxygen atoms in total. The van der Waals surface area contributed by atoms with Gasteiger partial charge in [0, 0.05) is 69.0 Å². The average molecular weight is 612 g/mol. The lowest BCUT2D eigenvalue weighted by Crippen LogP contribution is -2.52. The summed E-state index contributed by atoms with van der Waals surface area (Å²) < 4.78 is 34.1. The fourth-order valence-corrected chi connectivity index (χ4v) is 8.49. The number of piperidine rings is 1. The van der Waals surface area contributed by atoms with E-state index in [2.05, 4.69) is 37.5 Å². The molecule has 2 aliphatic heterocycles. The zero-order chi connectivity index (χ0) is 28.0. The van der Waals surface area contributed by atoms with Gasteiger partial charge in [-0.3, -0.25) is 14.6 Å². The van der Waals surface area contributed by atoms with Gasteiger partial charge in [-0.2, -0.15) is 4.31 Å². The van der Waals surface area contributed by atoms with E-state index in [-0.39, 0.29) is 39.1 Å². The monoisotopic (exact) mass is 610 g/mol. The van der Waals surface area contributed by atoms with Crippen molar-refractivity contribution in [1.29, 1.82) is 0 Å². The van der Waals surface area contributed by atoms with Crippen molar-refractivity contribution in [2.24, 2.45) is 0 Å². The van der Waals surface area contributed by atoms with Crippen molar-refractivity contribution in [3.63, 3.8) is 0 Å². The van der Waals surface area contributed by atoms with Gasteiger partial charge in [-0.25, -0.2) is 8.42 Å². The highest BCUT2D eigenvalue weighted by Crippen LogP contribution is 2.36. The summed E-state index contributed by atoms with van der Waals surface area (Å²) in [6.07, 6.45) is 2.25. The highest BCUT2D eigenvalue weighted by atomic mass is 35.5. The van der Waals surface area contributed by atoms with Crippen LogP contribution in [0.25, 0.3) is 0 Å². The van der Waals surface area contributed by atoms with Gasteiger partial charge in [0.05, 0.1) is 16.7 Å². The van der Waals surface area contributed by atoms with Gasteiger partial charge in [-0.05, 0) is 52.7 Å². The first-order chi connectivity index (χ1) is 17.9. The van der Waals surface area contributed by atoms with E-state index < -0.39 is 16.1 Å². The van der Waals surface area contributed by atoms with Crippen molar-refractivity contribution in [1.82, 2.24) is 19.0 Å². The Morgan fingerprint density at radius 2 is 1.61 bits per heavy atom. The van der Waals surface area contributed by atoms with Crippen molar-refractivity contribution in [2.45, 2.75) is 70.0 Å². The zero-order valence-corrected chi connectivity index (χ0v) is 25.9. The number of sulfonamides is 1. The van der Waals surface area contributed by atoms with E-state index in [1.807, 2.05) is 4.90 Å². The molecule has 216 valence electrons. The SMILES string of the molecule is CC(C)N(CCN1CCN(C(=O)COCC2CCCCN2S(=O)(=O)c2c(Cl)cc(Cl)cc2Cl)CC1)C(C)C. The van der Waals surface area contributed by atoms with E-state index in [1.165, 1.54) is 16.4 Å². The normalized spacial score (nSPS) is 20.2. The Bertz CT molecular complexity index is 1020. The third kappa shape index (κ3) is 8.19. The van der Waals surface area contributed by atoms with Crippen LogP contribution >= 0.6 is 34.8 Å². The van der Waals surface area contributed by atoms with Gasteiger partial charge in [0.25, 0.3) is 0 Å². The molecular formula is C26H41Cl3N4O4S. The standard InChI is InChI=1S/C26H41Cl3N4O4S/c1-19(2)32(20(3)4)14-11-30-9-12-31(13-10-30)25(34)18-37-17-22-7-5-6-8-33(22)38(35,36)26-23(28)15-21(27)16-24(26)29/h15-16,19-20,22H,5-14,17-18H2,1-4H3. The number of hydrogen-bond acceptors (Lipinski definition) is 6. The number of hydrogen-bond donors (Lipinski definition) is 0. The topological polar surface area (TPSA) is 73.4 Å². The molecule has 1 aromatic carbocycles. The zero-order valence-electron chi connectivity index (χ0n) is 22.8. The second-order valence-electron chi connectivity index (χ2n) is 10.6. The Hall–Kier alpha value is -0.650. The molecule has 2 heterocycles. The number of benzene rings is 1. The van der Waals surface area contributed by atoms with Crippen LogP contribution in [0.3, 0.4) is 0 Å². The smallest absolute Gasteiger partial charge is 0.248 e.